The second-order valence-electron chi connectivity index (χ2n) is 3.44. The Kier molecular flexibility index (Phi) is 3.19. The molecule has 0 aliphatic carbocycles. The molecule has 94 valence electrons. The maximum atomic E-state index is 13.3. The van der Waals surface area contributed by atoms with Crippen molar-refractivity contribution in [3.05, 3.63) is 42.4 Å². The first-order chi connectivity index (χ1) is 8.49. The number of anilines is 1. The second kappa shape index (κ2) is 4.65. The zero-order valence-corrected chi connectivity index (χ0v) is 10.1. The molecule has 2 aromatic rings. The van der Waals surface area contributed by atoms with E-state index in [9.17, 15) is 12.8 Å². The highest BCUT2D eigenvalue weighted by molar-refractivity contribution is 7.92. The van der Waals surface area contributed by atoms with Gasteiger partial charge in [0.25, 0.3) is 10.0 Å². The van der Waals surface area contributed by atoms with Gasteiger partial charge in [0.1, 0.15) is 22.9 Å². The van der Waals surface area contributed by atoms with E-state index in [1.165, 1.54) is 25.5 Å². The quantitative estimate of drug-likeness (QED) is 0.901. The highest BCUT2D eigenvalue weighted by Crippen LogP contribution is 2.14. The summed E-state index contributed by atoms with van der Waals surface area (Å²) in [5, 5.41) is 0. The molecule has 0 aliphatic heterocycles. The maximum absolute atomic E-state index is 13.3. The lowest BCUT2D eigenvalue weighted by molar-refractivity contribution is 0.588. The molecular formula is C10H9FN4O2S. The molecule has 0 aliphatic rings. The van der Waals surface area contributed by atoms with E-state index in [4.69, 9.17) is 0 Å². The van der Waals surface area contributed by atoms with Gasteiger partial charge in [0.05, 0.1) is 5.69 Å². The molecule has 0 amide bonds. The summed E-state index contributed by atoms with van der Waals surface area (Å²) >= 11 is 0. The number of pyridine rings is 1. The Bertz CT molecular complexity index is 661. The number of hydrogen-bond donors (Lipinski definition) is 1. The van der Waals surface area contributed by atoms with Gasteiger partial charge in [-0.2, -0.15) is 0 Å². The van der Waals surface area contributed by atoms with Gasteiger partial charge in [0.15, 0.2) is 0 Å². The Morgan fingerprint density at radius 3 is 2.72 bits per heavy atom. The minimum Gasteiger partial charge on any atom is -0.263 e. The van der Waals surface area contributed by atoms with E-state index < -0.39 is 15.8 Å². The third-order valence-electron chi connectivity index (χ3n) is 2.13. The molecule has 6 nitrogen and oxygen atoms in total. The molecule has 0 fully saturated rings. The molecule has 0 unspecified atom stereocenters. The smallest absolute Gasteiger partial charge is 0.263 e. The van der Waals surface area contributed by atoms with E-state index >= 15 is 0 Å². The van der Waals surface area contributed by atoms with Crippen molar-refractivity contribution in [3.8, 4) is 0 Å². The number of rotatable bonds is 3. The number of aromatic nitrogens is 3. The van der Waals surface area contributed by atoms with Crippen molar-refractivity contribution in [2.75, 3.05) is 4.72 Å². The van der Waals surface area contributed by atoms with Crippen LogP contribution in [0.4, 0.5) is 10.2 Å². The standard InChI is InChI=1S/C10H9FN4O2S/c1-7-9(11)4-8(5-13-7)18(16,17)15-10-2-3-12-6-14-10/h2-6H,1H3,(H,12,14,15). The molecule has 2 rings (SSSR count). The molecule has 0 radical (unpaired) electrons. The van der Waals surface area contributed by atoms with Crippen molar-refractivity contribution in [3.63, 3.8) is 0 Å². The number of nitrogens with zero attached hydrogens (tertiary/aromatic N) is 3. The van der Waals surface area contributed by atoms with Gasteiger partial charge in [0, 0.05) is 12.4 Å². The van der Waals surface area contributed by atoms with Gasteiger partial charge in [-0.1, -0.05) is 0 Å². The molecule has 2 heterocycles. The number of sulfonamides is 1. The summed E-state index contributed by atoms with van der Waals surface area (Å²) in [5.41, 5.74) is 0.135. The van der Waals surface area contributed by atoms with E-state index in [1.54, 1.807) is 0 Å². The van der Waals surface area contributed by atoms with Crippen LogP contribution in [0.1, 0.15) is 5.69 Å². The molecule has 0 spiro atoms. The summed E-state index contributed by atoms with van der Waals surface area (Å²) in [6.45, 7) is 1.45. The lowest BCUT2D eigenvalue weighted by atomic mass is 10.4. The Hall–Kier alpha value is -2.09. The summed E-state index contributed by atoms with van der Waals surface area (Å²) in [6, 6.07) is 2.29. The maximum Gasteiger partial charge on any atom is 0.264 e. The monoisotopic (exact) mass is 268 g/mol. The van der Waals surface area contributed by atoms with Crippen LogP contribution < -0.4 is 4.72 Å². The first-order valence-corrected chi connectivity index (χ1v) is 6.38. The van der Waals surface area contributed by atoms with Gasteiger partial charge in [-0.05, 0) is 19.1 Å². The molecule has 2 aromatic heterocycles. The SMILES string of the molecule is Cc1ncc(S(=O)(=O)Nc2ccncn2)cc1F. The molecule has 0 atom stereocenters. The summed E-state index contributed by atoms with van der Waals surface area (Å²) in [5.74, 6) is -0.577. The predicted molar refractivity (Wildman–Crippen MR) is 61.8 cm³/mol. The molecule has 0 aromatic carbocycles. The minimum atomic E-state index is -3.90. The Labute approximate surface area is 103 Å². The summed E-state index contributed by atoms with van der Waals surface area (Å²) in [7, 11) is -3.90. The topological polar surface area (TPSA) is 84.8 Å². The molecule has 0 bridgehead atoms. The molecule has 18 heavy (non-hydrogen) atoms. The van der Waals surface area contributed by atoms with E-state index in [0.29, 0.717) is 0 Å². The second-order valence-corrected chi connectivity index (χ2v) is 5.12. The average Bonchev–Trinajstić information content (AvgIpc) is 2.33. The van der Waals surface area contributed by atoms with Crippen molar-refractivity contribution in [1.82, 2.24) is 15.0 Å². The fourth-order valence-electron chi connectivity index (χ4n) is 1.18. The highest BCUT2D eigenvalue weighted by atomic mass is 32.2. The van der Waals surface area contributed by atoms with Crippen molar-refractivity contribution in [2.45, 2.75) is 11.8 Å². The Morgan fingerprint density at radius 1 is 1.33 bits per heavy atom. The largest absolute Gasteiger partial charge is 0.264 e. The van der Waals surface area contributed by atoms with Crippen molar-refractivity contribution in [2.24, 2.45) is 0 Å². The third-order valence-corrected chi connectivity index (χ3v) is 3.45. The summed E-state index contributed by atoms with van der Waals surface area (Å²) < 4.78 is 39.2. The van der Waals surface area contributed by atoms with Crippen molar-refractivity contribution >= 4 is 15.8 Å². The van der Waals surface area contributed by atoms with Crippen molar-refractivity contribution in [1.29, 1.82) is 0 Å². The fourth-order valence-corrected chi connectivity index (χ4v) is 2.15. The van der Waals surface area contributed by atoms with E-state index in [2.05, 4.69) is 19.7 Å². The minimum absolute atomic E-state index is 0.103. The van der Waals surface area contributed by atoms with Crippen LogP contribution in [-0.2, 0) is 10.0 Å². The number of hydrogen-bond acceptors (Lipinski definition) is 5. The van der Waals surface area contributed by atoms with Crippen LogP contribution >= 0.6 is 0 Å². The molecule has 0 saturated carbocycles. The van der Waals surface area contributed by atoms with Crippen LogP contribution in [0.2, 0.25) is 0 Å². The average molecular weight is 268 g/mol. The highest BCUT2D eigenvalue weighted by Gasteiger charge is 2.16. The first kappa shape index (κ1) is 12.4. The molecular weight excluding hydrogens is 259 g/mol. The number of halogens is 1. The lowest BCUT2D eigenvalue weighted by Crippen LogP contribution is -2.14. The van der Waals surface area contributed by atoms with E-state index in [0.717, 1.165) is 12.3 Å². The van der Waals surface area contributed by atoms with Crippen LogP contribution in [0.3, 0.4) is 0 Å². The predicted octanol–water partition coefficient (Wildman–Crippen LogP) is 1.12. The van der Waals surface area contributed by atoms with E-state index in [1.807, 2.05) is 0 Å². The van der Waals surface area contributed by atoms with Gasteiger partial charge < -0.3 is 0 Å². The van der Waals surface area contributed by atoms with Crippen LogP contribution in [0.5, 0.6) is 0 Å². The lowest BCUT2D eigenvalue weighted by Gasteiger charge is -2.06. The first-order valence-electron chi connectivity index (χ1n) is 4.90. The van der Waals surface area contributed by atoms with Crippen molar-refractivity contribution < 1.29 is 12.8 Å². The molecule has 8 heteroatoms. The van der Waals surface area contributed by atoms with Gasteiger partial charge in [-0.15, -0.1) is 0 Å². The Balaban J connectivity index is 2.34. The van der Waals surface area contributed by atoms with Gasteiger partial charge in [0.2, 0.25) is 0 Å². The third kappa shape index (κ3) is 2.59. The molecule has 0 saturated heterocycles. The van der Waals surface area contributed by atoms with Crippen LogP contribution in [0.15, 0.2) is 35.7 Å². The normalized spacial score (nSPS) is 11.2. The number of nitrogens with one attached hydrogen (secondary N) is 1. The van der Waals surface area contributed by atoms with Gasteiger partial charge in [-0.25, -0.2) is 22.8 Å². The van der Waals surface area contributed by atoms with Gasteiger partial charge >= 0.3 is 0 Å². The zero-order valence-electron chi connectivity index (χ0n) is 9.33. The molecule has 1 N–H and O–H groups in total. The fraction of sp³-hybridized carbons (Fsp3) is 0.100. The summed E-state index contributed by atoms with van der Waals surface area (Å²) in [4.78, 5) is 10.8. The summed E-state index contributed by atoms with van der Waals surface area (Å²) in [6.07, 6.45) is 3.67. The van der Waals surface area contributed by atoms with Crippen LogP contribution in [0.25, 0.3) is 0 Å². The number of aryl methyl sites for hydroxylation is 1. The Morgan fingerprint density at radius 2 is 2.11 bits per heavy atom. The van der Waals surface area contributed by atoms with Crippen LogP contribution in [-0.4, -0.2) is 23.4 Å². The zero-order chi connectivity index (χ0) is 13.2. The van der Waals surface area contributed by atoms with E-state index in [-0.39, 0.29) is 16.4 Å². The van der Waals surface area contributed by atoms with Gasteiger partial charge in [-0.3, -0.25) is 9.71 Å². The van der Waals surface area contributed by atoms with Crippen LogP contribution in [0, 0.1) is 12.7 Å².